The van der Waals surface area contributed by atoms with Crippen LogP contribution >= 0.6 is 23.5 Å². The van der Waals surface area contributed by atoms with Crippen molar-refractivity contribution in [3.63, 3.8) is 0 Å². The summed E-state index contributed by atoms with van der Waals surface area (Å²) in [4.78, 5) is 0. The Balaban J connectivity index is 2.10. The van der Waals surface area contributed by atoms with Gasteiger partial charge >= 0.3 is 0 Å². The number of rotatable bonds is 1. The van der Waals surface area contributed by atoms with E-state index in [0.717, 1.165) is 0 Å². The molecule has 14 heavy (non-hydrogen) atoms. The van der Waals surface area contributed by atoms with Gasteiger partial charge in [-0.15, -0.1) is 23.5 Å². The first-order valence-corrected chi connectivity index (χ1v) is 7.46. The van der Waals surface area contributed by atoms with E-state index in [1.165, 1.54) is 30.8 Å². The van der Waals surface area contributed by atoms with Crippen molar-refractivity contribution < 1.29 is 5.11 Å². The maximum absolute atomic E-state index is 9.49. The lowest BCUT2D eigenvalue weighted by Crippen LogP contribution is -2.27. The fraction of sp³-hybridized carbons (Fsp3) is 1.00. The molecule has 82 valence electrons. The Morgan fingerprint density at radius 3 is 2.50 bits per heavy atom. The maximum atomic E-state index is 9.49. The van der Waals surface area contributed by atoms with Crippen LogP contribution in [0.4, 0.5) is 0 Å². The first-order chi connectivity index (χ1) is 6.60. The molecule has 1 heterocycles. The Bertz CT molecular complexity index is 213. The van der Waals surface area contributed by atoms with Crippen molar-refractivity contribution in [2.75, 3.05) is 18.1 Å². The molecule has 0 bridgehead atoms. The van der Waals surface area contributed by atoms with Crippen LogP contribution in [0.5, 0.6) is 0 Å². The zero-order valence-corrected chi connectivity index (χ0v) is 10.7. The van der Waals surface area contributed by atoms with E-state index in [1.807, 2.05) is 0 Å². The minimum absolute atomic E-state index is 0.178. The van der Waals surface area contributed by atoms with Gasteiger partial charge in [0.15, 0.2) is 0 Å². The van der Waals surface area contributed by atoms with E-state index in [2.05, 4.69) is 37.4 Å². The summed E-state index contributed by atoms with van der Waals surface area (Å²) < 4.78 is 0.454. The van der Waals surface area contributed by atoms with Gasteiger partial charge in [0.1, 0.15) is 0 Å². The first-order valence-electron chi connectivity index (χ1n) is 5.49. The number of aliphatic hydroxyl groups is 1. The molecule has 1 N–H and O–H groups in total. The molecule has 2 rings (SSSR count). The molecule has 0 aromatic rings. The van der Waals surface area contributed by atoms with E-state index >= 15 is 0 Å². The van der Waals surface area contributed by atoms with E-state index in [4.69, 9.17) is 0 Å². The van der Waals surface area contributed by atoms with Crippen LogP contribution in [0.15, 0.2) is 0 Å². The van der Waals surface area contributed by atoms with Gasteiger partial charge in [-0.2, -0.15) is 0 Å². The van der Waals surface area contributed by atoms with Crippen LogP contribution in [-0.2, 0) is 0 Å². The van der Waals surface area contributed by atoms with Gasteiger partial charge in [0.25, 0.3) is 0 Å². The molecule has 0 unspecified atom stereocenters. The van der Waals surface area contributed by atoms with Crippen LogP contribution in [0, 0.1) is 11.3 Å². The number of thioether (sulfide) groups is 2. The molecule has 3 heteroatoms. The highest BCUT2D eigenvalue weighted by molar-refractivity contribution is 8.18. The van der Waals surface area contributed by atoms with Crippen molar-refractivity contribution in [1.82, 2.24) is 0 Å². The number of hydrogen-bond donors (Lipinski definition) is 1. The standard InChI is InChI=1S/C11H20OS2/c1-9-6-11(7-10(9,2)8-12)13-4-3-5-14-11/h9,12H,3-8H2,1-2H3/t9-,10+/m0/s1. The minimum atomic E-state index is 0.178. The molecule has 1 saturated carbocycles. The topological polar surface area (TPSA) is 20.2 Å². The lowest BCUT2D eigenvalue weighted by atomic mass is 9.82. The lowest BCUT2D eigenvalue weighted by molar-refractivity contribution is 0.110. The number of hydrogen-bond acceptors (Lipinski definition) is 3. The Morgan fingerprint density at radius 1 is 1.36 bits per heavy atom. The predicted molar refractivity (Wildman–Crippen MR) is 65.9 cm³/mol. The average molecular weight is 232 g/mol. The molecule has 2 fully saturated rings. The predicted octanol–water partition coefficient (Wildman–Crippen LogP) is 2.98. The second-order valence-corrected chi connectivity index (χ2v) is 8.27. The van der Waals surface area contributed by atoms with Crippen LogP contribution in [0.25, 0.3) is 0 Å². The van der Waals surface area contributed by atoms with Gasteiger partial charge in [-0.1, -0.05) is 13.8 Å². The average Bonchev–Trinajstić information content (AvgIpc) is 2.41. The van der Waals surface area contributed by atoms with Crippen molar-refractivity contribution in [2.45, 2.75) is 37.2 Å². The largest absolute Gasteiger partial charge is 0.396 e. The molecular formula is C11H20OS2. The van der Waals surface area contributed by atoms with Crippen molar-refractivity contribution in [3.05, 3.63) is 0 Å². The summed E-state index contributed by atoms with van der Waals surface area (Å²) in [6.07, 6.45) is 3.85. The van der Waals surface area contributed by atoms with E-state index in [9.17, 15) is 5.11 Å². The Hall–Kier alpha value is 0.660. The van der Waals surface area contributed by atoms with Crippen LogP contribution in [0.1, 0.15) is 33.1 Å². The molecule has 1 saturated heterocycles. The van der Waals surface area contributed by atoms with Gasteiger partial charge in [0, 0.05) is 6.61 Å². The van der Waals surface area contributed by atoms with Gasteiger partial charge < -0.3 is 5.11 Å². The Labute approximate surface area is 95.4 Å². The normalized spacial score (nSPS) is 41.8. The summed E-state index contributed by atoms with van der Waals surface area (Å²) in [7, 11) is 0. The third kappa shape index (κ3) is 1.83. The molecule has 1 nitrogen and oxygen atoms in total. The second kappa shape index (κ2) is 3.91. The van der Waals surface area contributed by atoms with Gasteiger partial charge in [-0.05, 0) is 42.1 Å². The Kier molecular flexibility index (Phi) is 3.12. The fourth-order valence-corrected chi connectivity index (χ4v) is 6.56. The van der Waals surface area contributed by atoms with Crippen molar-refractivity contribution in [1.29, 1.82) is 0 Å². The van der Waals surface area contributed by atoms with Crippen LogP contribution in [-0.4, -0.2) is 27.3 Å². The molecule has 2 aliphatic rings. The zero-order chi connectivity index (χ0) is 10.2. The Morgan fingerprint density at radius 2 is 2.00 bits per heavy atom. The van der Waals surface area contributed by atoms with Crippen LogP contribution < -0.4 is 0 Å². The summed E-state index contributed by atoms with van der Waals surface area (Å²) in [6.45, 7) is 4.92. The third-order valence-corrected chi connectivity index (χ3v) is 7.23. The van der Waals surface area contributed by atoms with Gasteiger partial charge in [0.05, 0.1) is 4.08 Å². The zero-order valence-electron chi connectivity index (χ0n) is 9.08. The quantitative estimate of drug-likeness (QED) is 0.750. The van der Waals surface area contributed by atoms with Gasteiger partial charge in [-0.3, -0.25) is 0 Å². The second-order valence-electron chi connectivity index (χ2n) is 5.06. The van der Waals surface area contributed by atoms with Crippen molar-refractivity contribution in [2.24, 2.45) is 11.3 Å². The number of aliphatic hydroxyl groups excluding tert-OH is 1. The van der Waals surface area contributed by atoms with Gasteiger partial charge in [-0.25, -0.2) is 0 Å². The van der Waals surface area contributed by atoms with Crippen molar-refractivity contribution in [3.8, 4) is 0 Å². The van der Waals surface area contributed by atoms with Crippen LogP contribution in [0.3, 0.4) is 0 Å². The minimum Gasteiger partial charge on any atom is -0.396 e. The third-order valence-electron chi connectivity index (χ3n) is 3.86. The maximum Gasteiger partial charge on any atom is 0.0620 e. The summed E-state index contributed by atoms with van der Waals surface area (Å²) in [5, 5.41) is 9.49. The molecule has 0 aromatic carbocycles. The SMILES string of the molecule is C[C@H]1CC2(C[C@]1(C)CO)SCCCS2. The highest BCUT2D eigenvalue weighted by Gasteiger charge is 2.51. The first kappa shape index (κ1) is 11.2. The molecular weight excluding hydrogens is 212 g/mol. The summed E-state index contributed by atoms with van der Waals surface area (Å²) in [5.74, 6) is 3.31. The molecule has 1 aliphatic heterocycles. The van der Waals surface area contributed by atoms with E-state index < -0.39 is 0 Å². The van der Waals surface area contributed by atoms with E-state index in [-0.39, 0.29) is 5.41 Å². The van der Waals surface area contributed by atoms with E-state index in [1.54, 1.807) is 0 Å². The summed E-state index contributed by atoms with van der Waals surface area (Å²) in [5.41, 5.74) is 0.178. The van der Waals surface area contributed by atoms with Crippen molar-refractivity contribution >= 4 is 23.5 Å². The highest BCUT2D eigenvalue weighted by atomic mass is 32.2. The molecule has 0 amide bonds. The molecule has 1 aliphatic carbocycles. The van der Waals surface area contributed by atoms with Gasteiger partial charge in [0.2, 0.25) is 0 Å². The lowest BCUT2D eigenvalue weighted by Gasteiger charge is -2.33. The summed E-state index contributed by atoms with van der Waals surface area (Å²) >= 11 is 4.29. The molecule has 0 radical (unpaired) electrons. The monoisotopic (exact) mass is 232 g/mol. The highest BCUT2D eigenvalue weighted by Crippen LogP contribution is 2.60. The summed E-state index contributed by atoms with van der Waals surface area (Å²) in [6, 6.07) is 0. The molecule has 0 aromatic heterocycles. The van der Waals surface area contributed by atoms with E-state index in [0.29, 0.717) is 16.6 Å². The fourth-order valence-electron chi connectivity index (χ4n) is 2.62. The smallest absolute Gasteiger partial charge is 0.0620 e. The molecule has 1 spiro atoms. The molecule has 2 atom stereocenters. The van der Waals surface area contributed by atoms with Crippen LogP contribution in [0.2, 0.25) is 0 Å².